The molecule has 0 aliphatic carbocycles. The van der Waals surface area contributed by atoms with Crippen molar-refractivity contribution in [1.29, 1.82) is 0 Å². The van der Waals surface area contributed by atoms with Crippen molar-refractivity contribution in [2.24, 2.45) is 0 Å². The fourth-order valence-electron chi connectivity index (χ4n) is 5.62. The predicted octanol–water partition coefficient (Wildman–Crippen LogP) is 6.02. The highest BCUT2D eigenvalue weighted by molar-refractivity contribution is 5.89. The van der Waals surface area contributed by atoms with Gasteiger partial charge in [0.2, 0.25) is 5.88 Å². The highest BCUT2D eigenvalue weighted by Gasteiger charge is 2.39. The second kappa shape index (κ2) is 9.51. The second-order valence-electron chi connectivity index (χ2n) is 11.2. The summed E-state index contributed by atoms with van der Waals surface area (Å²) in [5.41, 5.74) is 3.40. The summed E-state index contributed by atoms with van der Waals surface area (Å²) in [5.74, 6) is 1.53. The summed E-state index contributed by atoms with van der Waals surface area (Å²) in [6.07, 6.45) is 5.72. The van der Waals surface area contributed by atoms with Crippen LogP contribution in [0.3, 0.4) is 0 Å². The lowest BCUT2D eigenvalue weighted by Gasteiger charge is -2.49. The predicted molar refractivity (Wildman–Crippen MR) is 146 cm³/mol. The summed E-state index contributed by atoms with van der Waals surface area (Å²) in [6.45, 7) is 9.61. The summed E-state index contributed by atoms with van der Waals surface area (Å²) < 4.78 is 5.98. The van der Waals surface area contributed by atoms with Crippen molar-refractivity contribution >= 4 is 16.6 Å². The van der Waals surface area contributed by atoms with Crippen LogP contribution in [0.4, 0.5) is 5.82 Å². The van der Waals surface area contributed by atoms with E-state index in [-0.39, 0.29) is 11.1 Å². The summed E-state index contributed by atoms with van der Waals surface area (Å²) in [6, 6.07) is 21.0. The normalized spacial score (nSPS) is 17.1. The molecule has 0 spiro atoms. The maximum absolute atomic E-state index is 5.98. The van der Waals surface area contributed by atoms with Crippen LogP contribution in [0.5, 0.6) is 5.88 Å². The van der Waals surface area contributed by atoms with Crippen molar-refractivity contribution in [3.63, 3.8) is 0 Å². The maximum atomic E-state index is 5.98. The standard InChI is InChI=1S/C30H35N5O/c1-29(2)17-25(18-30(3,4)34-29)35(5)28-26(13-14-32-33-28)22-11-12-23-19-31-27(16-24(23)15-22)36-20-21-9-7-6-8-10-21/h6-16,19,25,34H,17-18,20H2,1-5H3. The van der Waals surface area contributed by atoms with Gasteiger partial charge in [-0.3, -0.25) is 0 Å². The van der Waals surface area contributed by atoms with Crippen LogP contribution < -0.4 is 15.0 Å². The number of aromatic nitrogens is 3. The molecular weight excluding hydrogens is 446 g/mol. The van der Waals surface area contributed by atoms with E-state index in [0.717, 1.165) is 46.1 Å². The van der Waals surface area contributed by atoms with Gasteiger partial charge in [0.1, 0.15) is 6.61 Å². The molecule has 1 aliphatic rings. The number of rotatable bonds is 6. The van der Waals surface area contributed by atoms with Gasteiger partial charge in [0.05, 0.1) is 6.20 Å². The first kappa shape index (κ1) is 24.2. The van der Waals surface area contributed by atoms with E-state index in [1.807, 2.05) is 30.5 Å². The Balaban J connectivity index is 1.44. The van der Waals surface area contributed by atoms with Gasteiger partial charge in [0.15, 0.2) is 5.82 Å². The highest BCUT2D eigenvalue weighted by atomic mass is 16.5. The molecule has 0 saturated carbocycles. The second-order valence-corrected chi connectivity index (χ2v) is 11.2. The maximum Gasteiger partial charge on any atom is 0.214 e. The molecule has 0 bridgehead atoms. The average molecular weight is 482 g/mol. The number of hydrogen-bond donors (Lipinski definition) is 1. The van der Waals surface area contributed by atoms with Gasteiger partial charge in [-0.05, 0) is 69.2 Å². The minimum atomic E-state index is 0.0507. The van der Waals surface area contributed by atoms with Crippen LogP contribution in [0.2, 0.25) is 0 Å². The summed E-state index contributed by atoms with van der Waals surface area (Å²) in [7, 11) is 2.15. The number of benzene rings is 2. The van der Waals surface area contributed by atoms with Gasteiger partial charge in [-0.1, -0.05) is 42.5 Å². The molecule has 6 heteroatoms. The van der Waals surface area contributed by atoms with Crippen LogP contribution in [0, 0.1) is 0 Å². The van der Waals surface area contributed by atoms with Crippen LogP contribution in [0.25, 0.3) is 21.9 Å². The Hall–Kier alpha value is -3.51. The molecule has 1 saturated heterocycles. The number of piperidine rings is 1. The van der Waals surface area contributed by atoms with Crippen LogP contribution in [-0.4, -0.2) is 39.3 Å². The monoisotopic (exact) mass is 481 g/mol. The average Bonchev–Trinajstić information content (AvgIpc) is 2.85. The Labute approximate surface area is 213 Å². The van der Waals surface area contributed by atoms with Crippen LogP contribution in [0.1, 0.15) is 46.1 Å². The van der Waals surface area contributed by atoms with Gasteiger partial charge < -0.3 is 15.0 Å². The smallest absolute Gasteiger partial charge is 0.214 e. The molecular formula is C30H35N5O. The minimum absolute atomic E-state index is 0.0507. The number of ether oxygens (including phenoxy) is 1. The molecule has 1 aliphatic heterocycles. The van der Waals surface area contributed by atoms with E-state index in [1.54, 1.807) is 6.20 Å². The molecule has 1 N–H and O–H groups in total. The number of anilines is 1. The van der Waals surface area contributed by atoms with Crippen LogP contribution in [-0.2, 0) is 6.61 Å². The molecule has 1 fully saturated rings. The fourth-order valence-corrected chi connectivity index (χ4v) is 5.62. The minimum Gasteiger partial charge on any atom is -0.473 e. The van der Waals surface area contributed by atoms with Gasteiger partial charge in [0, 0.05) is 47.4 Å². The summed E-state index contributed by atoms with van der Waals surface area (Å²) in [5, 5.41) is 14.8. The topological polar surface area (TPSA) is 63.2 Å². The zero-order valence-electron chi connectivity index (χ0n) is 21.8. The quantitative estimate of drug-likeness (QED) is 0.364. The molecule has 4 aromatic rings. The van der Waals surface area contributed by atoms with Gasteiger partial charge >= 0.3 is 0 Å². The molecule has 186 valence electrons. The third-order valence-electron chi connectivity index (χ3n) is 6.99. The van der Waals surface area contributed by atoms with E-state index in [1.165, 1.54) is 0 Å². The van der Waals surface area contributed by atoms with Crippen LogP contribution >= 0.6 is 0 Å². The first-order chi connectivity index (χ1) is 17.2. The number of fused-ring (bicyclic) bond motifs is 1. The Bertz CT molecular complexity index is 1340. The fraction of sp³-hybridized carbons (Fsp3) is 0.367. The first-order valence-corrected chi connectivity index (χ1v) is 12.6. The van der Waals surface area contributed by atoms with Crippen molar-refractivity contribution in [3.05, 3.63) is 78.6 Å². The lowest BCUT2D eigenvalue weighted by molar-refractivity contribution is 0.160. The van der Waals surface area contributed by atoms with Crippen molar-refractivity contribution in [2.45, 2.75) is 64.3 Å². The highest BCUT2D eigenvalue weighted by Crippen LogP contribution is 2.36. The molecule has 0 radical (unpaired) electrons. The molecule has 3 heterocycles. The van der Waals surface area contributed by atoms with Crippen molar-refractivity contribution in [3.8, 4) is 17.0 Å². The van der Waals surface area contributed by atoms with Crippen molar-refractivity contribution < 1.29 is 4.74 Å². The Morgan fingerprint density at radius 1 is 0.944 bits per heavy atom. The van der Waals surface area contributed by atoms with Gasteiger partial charge in [-0.2, -0.15) is 5.10 Å². The van der Waals surface area contributed by atoms with E-state index in [4.69, 9.17) is 4.74 Å². The van der Waals surface area contributed by atoms with Gasteiger partial charge in [0.25, 0.3) is 0 Å². The third-order valence-corrected chi connectivity index (χ3v) is 6.99. The largest absolute Gasteiger partial charge is 0.473 e. The number of nitrogens with zero attached hydrogens (tertiary/aromatic N) is 4. The molecule has 36 heavy (non-hydrogen) atoms. The lowest BCUT2D eigenvalue weighted by Crippen LogP contribution is -2.62. The zero-order valence-corrected chi connectivity index (χ0v) is 21.8. The number of pyridine rings is 1. The molecule has 0 unspecified atom stereocenters. The van der Waals surface area contributed by atoms with Crippen molar-refractivity contribution in [1.82, 2.24) is 20.5 Å². The third kappa shape index (κ3) is 5.34. The van der Waals surface area contributed by atoms with Gasteiger partial charge in [-0.25, -0.2) is 4.98 Å². The zero-order chi connectivity index (χ0) is 25.3. The van der Waals surface area contributed by atoms with Gasteiger partial charge in [-0.15, -0.1) is 5.10 Å². The molecule has 0 amide bonds. The molecule has 0 atom stereocenters. The van der Waals surface area contributed by atoms with E-state index < -0.39 is 0 Å². The lowest BCUT2D eigenvalue weighted by atomic mass is 9.79. The van der Waals surface area contributed by atoms with Crippen LogP contribution in [0.15, 0.2) is 73.1 Å². The number of nitrogens with one attached hydrogen (secondary N) is 1. The molecule has 2 aromatic heterocycles. The summed E-state index contributed by atoms with van der Waals surface area (Å²) in [4.78, 5) is 6.82. The Kier molecular flexibility index (Phi) is 6.39. The van der Waals surface area contributed by atoms with Crippen molar-refractivity contribution in [2.75, 3.05) is 11.9 Å². The molecule has 5 rings (SSSR count). The first-order valence-electron chi connectivity index (χ1n) is 12.6. The number of hydrogen-bond acceptors (Lipinski definition) is 6. The molecule has 6 nitrogen and oxygen atoms in total. The van der Waals surface area contributed by atoms with E-state index >= 15 is 0 Å². The van der Waals surface area contributed by atoms with E-state index in [9.17, 15) is 0 Å². The molecule has 2 aromatic carbocycles. The van der Waals surface area contributed by atoms with E-state index in [2.05, 4.69) is 96.5 Å². The van der Waals surface area contributed by atoms with E-state index in [0.29, 0.717) is 18.5 Å². The Morgan fingerprint density at radius 2 is 1.69 bits per heavy atom. The SMILES string of the molecule is CN(c1nnccc1-c1ccc2cnc(OCc3ccccc3)cc2c1)C1CC(C)(C)NC(C)(C)C1. The summed E-state index contributed by atoms with van der Waals surface area (Å²) >= 11 is 0. The Morgan fingerprint density at radius 3 is 2.44 bits per heavy atom.